The van der Waals surface area contributed by atoms with Crippen LogP contribution in [0.4, 0.5) is 0 Å². The van der Waals surface area contributed by atoms with Crippen molar-refractivity contribution in [3.8, 4) is 6.07 Å². The Hall–Kier alpha value is -0.630. The van der Waals surface area contributed by atoms with Crippen LogP contribution in [-0.4, -0.2) is 24.0 Å². The third kappa shape index (κ3) is 1.33. The van der Waals surface area contributed by atoms with Gasteiger partial charge in [-0.3, -0.25) is 0 Å². The molecule has 0 amide bonds. The van der Waals surface area contributed by atoms with Crippen molar-refractivity contribution in [1.82, 2.24) is 0 Å². The van der Waals surface area contributed by atoms with E-state index in [0.717, 1.165) is 0 Å². The molecule has 1 heterocycles. The minimum absolute atomic E-state index is 0.0589. The Bertz CT molecular complexity index is 259. The molecule has 2 N–H and O–H groups in total. The first-order valence-electron chi connectivity index (χ1n) is 4.54. The average molecular weight is 182 g/mol. The molecule has 13 heavy (non-hydrogen) atoms. The second-order valence-electron chi connectivity index (χ2n) is 4.20. The molecule has 1 aliphatic heterocycles. The van der Waals surface area contributed by atoms with Crippen molar-refractivity contribution in [2.75, 3.05) is 0 Å². The van der Waals surface area contributed by atoms with Crippen LogP contribution >= 0.6 is 0 Å². The van der Waals surface area contributed by atoms with Crippen molar-refractivity contribution in [3.63, 3.8) is 0 Å². The van der Waals surface area contributed by atoms with Gasteiger partial charge in [-0.05, 0) is 20.3 Å². The van der Waals surface area contributed by atoms with E-state index in [-0.39, 0.29) is 24.2 Å². The van der Waals surface area contributed by atoms with E-state index in [0.29, 0.717) is 6.42 Å². The Kier molecular flexibility index (Phi) is 1.84. The zero-order chi connectivity index (χ0) is 9.64. The van der Waals surface area contributed by atoms with E-state index in [1.807, 2.05) is 13.8 Å². The first kappa shape index (κ1) is 8.95. The van der Waals surface area contributed by atoms with Gasteiger partial charge in [-0.25, -0.2) is 0 Å². The predicted octanol–water partition coefficient (Wildman–Crippen LogP) is 0.377. The predicted molar refractivity (Wildman–Crippen MR) is 45.5 cm³/mol. The molecule has 72 valence electrons. The quantitative estimate of drug-likeness (QED) is 0.588. The highest BCUT2D eigenvalue weighted by molar-refractivity contribution is 5.07. The lowest BCUT2D eigenvalue weighted by Crippen LogP contribution is -2.34. The second-order valence-corrected chi connectivity index (χ2v) is 4.20. The minimum atomic E-state index is -0.581. The first-order valence-corrected chi connectivity index (χ1v) is 4.54. The molecular formula is C9H14N2O2. The highest BCUT2D eigenvalue weighted by atomic mass is 16.8. The van der Waals surface area contributed by atoms with Gasteiger partial charge in [0.1, 0.15) is 12.2 Å². The SMILES string of the molecule is CC1(C)O[C@@H]2[C@H](O1)[C@@H](C#N)C[C@H]2N. The minimum Gasteiger partial charge on any atom is -0.343 e. The van der Waals surface area contributed by atoms with Crippen LogP contribution in [0, 0.1) is 17.2 Å². The third-order valence-electron chi connectivity index (χ3n) is 2.67. The van der Waals surface area contributed by atoms with E-state index in [1.54, 1.807) is 0 Å². The fraction of sp³-hybridized carbons (Fsp3) is 0.889. The molecule has 0 unspecified atom stereocenters. The van der Waals surface area contributed by atoms with Crippen LogP contribution in [0.1, 0.15) is 20.3 Å². The lowest BCUT2D eigenvalue weighted by Gasteiger charge is -2.20. The van der Waals surface area contributed by atoms with Crippen molar-refractivity contribution in [1.29, 1.82) is 5.26 Å². The largest absolute Gasteiger partial charge is 0.343 e. The summed E-state index contributed by atoms with van der Waals surface area (Å²) in [4.78, 5) is 0. The highest BCUT2D eigenvalue weighted by Gasteiger charge is 2.52. The number of ether oxygens (including phenoxy) is 2. The molecule has 0 radical (unpaired) electrons. The van der Waals surface area contributed by atoms with Gasteiger partial charge < -0.3 is 15.2 Å². The molecule has 2 fully saturated rings. The van der Waals surface area contributed by atoms with Crippen LogP contribution in [0.5, 0.6) is 0 Å². The van der Waals surface area contributed by atoms with E-state index in [9.17, 15) is 0 Å². The van der Waals surface area contributed by atoms with Crippen LogP contribution < -0.4 is 5.73 Å². The van der Waals surface area contributed by atoms with E-state index in [2.05, 4.69) is 6.07 Å². The smallest absolute Gasteiger partial charge is 0.163 e. The molecule has 0 aromatic heterocycles. The summed E-state index contributed by atoms with van der Waals surface area (Å²) in [6, 6.07) is 2.16. The Balaban J connectivity index is 2.18. The summed E-state index contributed by atoms with van der Waals surface area (Å²) in [5, 5.41) is 8.86. The van der Waals surface area contributed by atoms with Crippen molar-refractivity contribution >= 4 is 0 Å². The molecule has 4 heteroatoms. The number of nitrogens with zero attached hydrogens (tertiary/aromatic N) is 1. The van der Waals surface area contributed by atoms with Gasteiger partial charge >= 0.3 is 0 Å². The van der Waals surface area contributed by atoms with Gasteiger partial charge in [-0.2, -0.15) is 5.26 Å². The summed E-state index contributed by atoms with van der Waals surface area (Å²) in [7, 11) is 0. The topological polar surface area (TPSA) is 68.3 Å². The zero-order valence-corrected chi connectivity index (χ0v) is 7.86. The van der Waals surface area contributed by atoms with Gasteiger partial charge in [-0.15, -0.1) is 0 Å². The van der Waals surface area contributed by atoms with Gasteiger partial charge in [0.25, 0.3) is 0 Å². The van der Waals surface area contributed by atoms with Crippen LogP contribution in [0.15, 0.2) is 0 Å². The fourth-order valence-electron chi connectivity index (χ4n) is 2.15. The van der Waals surface area contributed by atoms with Gasteiger partial charge in [0.05, 0.1) is 12.0 Å². The summed E-state index contributed by atoms with van der Waals surface area (Å²) in [6.45, 7) is 3.71. The summed E-state index contributed by atoms with van der Waals surface area (Å²) in [5.74, 6) is -0.690. The molecule has 2 aliphatic rings. The maximum Gasteiger partial charge on any atom is 0.163 e. The molecular weight excluding hydrogens is 168 g/mol. The Labute approximate surface area is 77.6 Å². The molecule has 0 aromatic carbocycles. The number of rotatable bonds is 0. The summed E-state index contributed by atoms with van der Waals surface area (Å²) in [6.07, 6.45) is 0.455. The van der Waals surface area contributed by atoms with E-state index in [4.69, 9.17) is 20.5 Å². The number of fused-ring (bicyclic) bond motifs is 1. The Morgan fingerprint density at radius 1 is 1.38 bits per heavy atom. The Morgan fingerprint density at radius 2 is 2.00 bits per heavy atom. The van der Waals surface area contributed by atoms with Gasteiger partial charge in [0.15, 0.2) is 5.79 Å². The molecule has 0 spiro atoms. The molecule has 1 saturated carbocycles. The normalized spacial score (nSPS) is 47.2. The maximum absolute atomic E-state index is 8.86. The van der Waals surface area contributed by atoms with E-state index in [1.165, 1.54) is 0 Å². The number of hydrogen-bond acceptors (Lipinski definition) is 4. The van der Waals surface area contributed by atoms with Gasteiger partial charge in [0.2, 0.25) is 0 Å². The van der Waals surface area contributed by atoms with E-state index >= 15 is 0 Å². The lowest BCUT2D eigenvalue weighted by atomic mass is 10.1. The average Bonchev–Trinajstić information content (AvgIpc) is 2.47. The number of nitriles is 1. The number of nitrogens with two attached hydrogens (primary N) is 1. The summed E-state index contributed by atoms with van der Waals surface area (Å²) >= 11 is 0. The molecule has 1 aliphatic carbocycles. The molecule has 4 atom stereocenters. The molecule has 4 nitrogen and oxygen atoms in total. The van der Waals surface area contributed by atoms with Crippen molar-refractivity contribution < 1.29 is 9.47 Å². The van der Waals surface area contributed by atoms with Crippen molar-refractivity contribution in [2.45, 2.75) is 44.3 Å². The molecule has 0 aromatic rings. The van der Waals surface area contributed by atoms with Crippen LogP contribution in [0.2, 0.25) is 0 Å². The maximum atomic E-state index is 8.86. The lowest BCUT2D eigenvalue weighted by molar-refractivity contribution is -0.155. The monoisotopic (exact) mass is 182 g/mol. The molecule has 2 rings (SSSR count). The zero-order valence-electron chi connectivity index (χ0n) is 7.86. The first-order chi connectivity index (χ1) is 6.03. The number of hydrogen-bond donors (Lipinski definition) is 1. The third-order valence-corrected chi connectivity index (χ3v) is 2.67. The van der Waals surface area contributed by atoms with Crippen LogP contribution in [-0.2, 0) is 9.47 Å². The van der Waals surface area contributed by atoms with Crippen LogP contribution in [0.25, 0.3) is 0 Å². The van der Waals surface area contributed by atoms with Crippen molar-refractivity contribution in [3.05, 3.63) is 0 Å². The van der Waals surface area contributed by atoms with Crippen LogP contribution in [0.3, 0.4) is 0 Å². The van der Waals surface area contributed by atoms with Crippen molar-refractivity contribution in [2.24, 2.45) is 11.7 Å². The Morgan fingerprint density at radius 3 is 2.62 bits per heavy atom. The summed E-state index contributed by atoms with van der Waals surface area (Å²) in [5.41, 5.74) is 5.85. The molecule has 0 bridgehead atoms. The van der Waals surface area contributed by atoms with Gasteiger partial charge in [-0.1, -0.05) is 0 Å². The van der Waals surface area contributed by atoms with E-state index < -0.39 is 5.79 Å². The highest BCUT2D eigenvalue weighted by Crippen LogP contribution is 2.40. The standard InChI is InChI=1S/C9H14N2O2/c1-9(2)12-7-5(4-10)3-6(11)8(7)13-9/h5-8H,3,11H2,1-2H3/t5-,6-,7-,8+/m1/s1. The molecule has 1 saturated heterocycles. The van der Waals surface area contributed by atoms with Gasteiger partial charge in [0, 0.05) is 6.04 Å². The summed E-state index contributed by atoms with van der Waals surface area (Å²) < 4.78 is 11.2. The fourth-order valence-corrected chi connectivity index (χ4v) is 2.15. The second kappa shape index (κ2) is 2.68.